The molecule has 0 aliphatic rings. The quantitative estimate of drug-likeness (QED) is 0.334. The summed E-state index contributed by atoms with van der Waals surface area (Å²) in [6, 6.07) is 12.1. The van der Waals surface area contributed by atoms with Crippen molar-refractivity contribution in [1.82, 2.24) is 30.0 Å². The first-order valence-corrected chi connectivity index (χ1v) is 8.25. The molecule has 2 aromatic heterocycles. The molecule has 8 heteroatoms. The highest BCUT2D eigenvalue weighted by Gasteiger charge is 2.09. The number of aromatic nitrogens is 4. The van der Waals surface area contributed by atoms with Gasteiger partial charge in [-0.25, -0.2) is 4.98 Å². The Hall–Kier alpha value is -2.36. The third-order valence-corrected chi connectivity index (χ3v) is 3.86. The Morgan fingerprint density at radius 1 is 1.27 bits per heavy atom. The second-order valence-electron chi connectivity index (χ2n) is 5.71. The molecule has 2 N–H and O–H groups in total. The molecule has 1 aromatic carbocycles. The second-order valence-corrected chi connectivity index (χ2v) is 5.71. The van der Waals surface area contributed by atoms with Crippen LogP contribution in [0.1, 0.15) is 5.82 Å². The largest absolute Gasteiger partial charge is 0.354 e. The fraction of sp³-hybridized carbons (Fsp3) is 0.278. The maximum absolute atomic E-state index is 4.48. The zero-order chi connectivity index (χ0) is 17.5. The van der Waals surface area contributed by atoms with Gasteiger partial charge in [0.1, 0.15) is 5.82 Å². The van der Waals surface area contributed by atoms with E-state index in [9.17, 15) is 0 Å². The number of hydrogen-bond acceptors (Lipinski definition) is 3. The zero-order valence-corrected chi connectivity index (χ0v) is 17.3. The van der Waals surface area contributed by atoms with Crippen molar-refractivity contribution >= 4 is 29.9 Å². The molecule has 2 heterocycles. The molecule has 3 aromatic rings. The van der Waals surface area contributed by atoms with E-state index in [1.54, 1.807) is 13.2 Å². The fourth-order valence-electron chi connectivity index (χ4n) is 2.61. The molecule has 0 aliphatic heterocycles. The maximum atomic E-state index is 4.48. The lowest BCUT2D eigenvalue weighted by atomic mass is 10.2. The monoisotopic (exact) mass is 465 g/mol. The average Bonchev–Trinajstić information content (AvgIpc) is 3.31. The van der Waals surface area contributed by atoms with E-state index in [0.29, 0.717) is 6.54 Å². The Labute approximate surface area is 170 Å². The molecular formula is C18H24IN7. The van der Waals surface area contributed by atoms with Crippen molar-refractivity contribution in [1.29, 1.82) is 0 Å². The highest BCUT2D eigenvalue weighted by molar-refractivity contribution is 14.0. The molecule has 3 rings (SSSR count). The van der Waals surface area contributed by atoms with Gasteiger partial charge < -0.3 is 15.2 Å². The van der Waals surface area contributed by atoms with Crippen LogP contribution in [0.5, 0.6) is 0 Å². The molecule has 0 fully saturated rings. The van der Waals surface area contributed by atoms with Gasteiger partial charge in [0.25, 0.3) is 0 Å². The summed E-state index contributed by atoms with van der Waals surface area (Å²) in [6.07, 6.45) is 5.59. The molecule has 0 radical (unpaired) electrons. The highest BCUT2D eigenvalue weighted by Crippen LogP contribution is 2.16. The summed E-state index contributed by atoms with van der Waals surface area (Å²) in [5, 5.41) is 7.53. The van der Waals surface area contributed by atoms with E-state index in [4.69, 9.17) is 0 Å². The predicted octanol–water partition coefficient (Wildman–Crippen LogP) is 2.60. The molecule has 0 saturated carbocycles. The van der Waals surface area contributed by atoms with E-state index in [1.165, 1.54) is 0 Å². The molecule has 0 aliphatic carbocycles. The van der Waals surface area contributed by atoms with E-state index in [2.05, 4.69) is 37.5 Å². The maximum Gasteiger partial charge on any atom is 0.193 e. The van der Waals surface area contributed by atoms with E-state index in [-0.39, 0.29) is 24.0 Å². The van der Waals surface area contributed by atoms with E-state index in [0.717, 1.165) is 36.1 Å². The van der Waals surface area contributed by atoms with Crippen LogP contribution < -0.4 is 5.32 Å². The van der Waals surface area contributed by atoms with Crippen molar-refractivity contribution in [2.75, 3.05) is 20.6 Å². The van der Waals surface area contributed by atoms with Crippen LogP contribution in [0, 0.1) is 0 Å². The summed E-state index contributed by atoms with van der Waals surface area (Å²) in [4.78, 5) is 14.2. The molecule has 138 valence electrons. The van der Waals surface area contributed by atoms with Crippen molar-refractivity contribution in [2.24, 2.45) is 4.99 Å². The van der Waals surface area contributed by atoms with Gasteiger partial charge in [-0.2, -0.15) is 5.10 Å². The van der Waals surface area contributed by atoms with Gasteiger partial charge in [0.15, 0.2) is 5.96 Å². The summed E-state index contributed by atoms with van der Waals surface area (Å²) in [5.41, 5.74) is 2.15. The second kappa shape index (κ2) is 9.95. The smallest absolute Gasteiger partial charge is 0.193 e. The molecule has 0 saturated heterocycles. The van der Waals surface area contributed by atoms with Gasteiger partial charge in [-0.3, -0.25) is 9.67 Å². The van der Waals surface area contributed by atoms with Crippen LogP contribution in [-0.2, 0) is 13.1 Å². The van der Waals surface area contributed by atoms with Gasteiger partial charge in [0, 0.05) is 33.0 Å². The van der Waals surface area contributed by atoms with Crippen LogP contribution in [0.4, 0.5) is 0 Å². The van der Waals surface area contributed by atoms with E-state index < -0.39 is 0 Å². The summed E-state index contributed by atoms with van der Waals surface area (Å²) in [7, 11) is 3.78. The summed E-state index contributed by atoms with van der Waals surface area (Å²) in [5.74, 6) is 1.72. The first-order valence-electron chi connectivity index (χ1n) is 8.25. The van der Waals surface area contributed by atoms with E-state index >= 15 is 0 Å². The lowest BCUT2D eigenvalue weighted by molar-refractivity contribution is 0.459. The number of halogens is 1. The van der Waals surface area contributed by atoms with Crippen LogP contribution in [0.15, 0.2) is 60.0 Å². The zero-order valence-electron chi connectivity index (χ0n) is 15.0. The molecule has 0 amide bonds. The molecule has 7 nitrogen and oxygen atoms in total. The first kappa shape index (κ1) is 20.0. The highest BCUT2D eigenvalue weighted by atomic mass is 127. The molecule has 0 atom stereocenters. The lowest BCUT2D eigenvalue weighted by Gasteiger charge is -2.21. The number of aliphatic imine (C=N–C) groups is 1. The Morgan fingerprint density at radius 2 is 2.08 bits per heavy atom. The number of rotatable bonds is 6. The summed E-state index contributed by atoms with van der Waals surface area (Å²) in [6.45, 7) is 2.19. The fourth-order valence-corrected chi connectivity index (χ4v) is 2.61. The number of nitrogens with zero attached hydrogens (tertiary/aromatic N) is 5. The third-order valence-electron chi connectivity index (χ3n) is 3.86. The van der Waals surface area contributed by atoms with Gasteiger partial charge in [-0.1, -0.05) is 30.3 Å². The lowest BCUT2D eigenvalue weighted by Crippen LogP contribution is -2.40. The summed E-state index contributed by atoms with van der Waals surface area (Å²) < 4.78 is 1.89. The summed E-state index contributed by atoms with van der Waals surface area (Å²) >= 11 is 0. The van der Waals surface area contributed by atoms with Crippen molar-refractivity contribution in [2.45, 2.75) is 13.1 Å². The van der Waals surface area contributed by atoms with Crippen LogP contribution in [0.25, 0.3) is 11.3 Å². The SMILES string of the molecule is CN=C(NCCn1cccn1)N(C)Cc1ncc(-c2ccccc2)[nH]1.I. The Bertz CT molecular complexity index is 796. The van der Waals surface area contributed by atoms with Crippen LogP contribution in [0.3, 0.4) is 0 Å². The Morgan fingerprint density at radius 3 is 2.77 bits per heavy atom. The van der Waals surface area contributed by atoms with Crippen molar-refractivity contribution < 1.29 is 0 Å². The molecule has 0 spiro atoms. The van der Waals surface area contributed by atoms with Crippen molar-refractivity contribution in [3.8, 4) is 11.3 Å². The minimum absolute atomic E-state index is 0. The van der Waals surface area contributed by atoms with Gasteiger partial charge >= 0.3 is 0 Å². The number of imidazole rings is 1. The Kier molecular flexibility index (Phi) is 7.64. The molecule has 0 bridgehead atoms. The van der Waals surface area contributed by atoms with Crippen LogP contribution in [0.2, 0.25) is 0 Å². The topological polar surface area (TPSA) is 74.1 Å². The number of aromatic amines is 1. The number of nitrogens with one attached hydrogen (secondary N) is 2. The van der Waals surface area contributed by atoms with Gasteiger partial charge in [0.2, 0.25) is 0 Å². The van der Waals surface area contributed by atoms with Crippen molar-refractivity contribution in [3.05, 3.63) is 60.8 Å². The van der Waals surface area contributed by atoms with Gasteiger partial charge in [0.05, 0.1) is 25.0 Å². The minimum Gasteiger partial charge on any atom is -0.354 e. The first-order chi connectivity index (χ1) is 12.3. The van der Waals surface area contributed by atoms with E-state index in [1.807, 2.05) is 53.3 Å². The minimum atomic E-state index is 0. The Balaban J connectivity index is 0.00000243. The molecular weight excluding hydrogens is 441 g/mol. The standard InChI is InChI=1S/C18H23N7.HI/c1-19-18(20-10-12-25-11-6-9-22-25)24(2)14-17-21-13-16(23-17)15-7-4-3-5-8-15;/h3-9,11,13H,10,12,14H2,1-2H3,(H,19,20)(H,21,23);1H. The molecule has 26 heavy (non-hydrogen) atoms. The van der Waals surface area contributed by atoms with Gasteiger partial charge in [-0.15, -0.1) is 24.0 Å². The predicted molar refractivity (Wildman–Crippen MR) is 114 cm³/mol. The number of benzene rings is 1. The van der Waals surface area contributed by atoms with Crippen LogP contribution >= 0.6 is 24.0 Å². The van der Waals surface area contributed by atoms with Crippen molar-refractivity contribution in [3.63, 3.8) is 0 Å². The number of hydrogen-bond donors (Lipinski definition) is 2. The average molecular weight is 465 g/mol. The third kappa shape index (κ3) is 5.32. The normalized spacial score (nSPS) is 11.1. The molecule has 0 unspecified atom stereocenters. The number of H-pyrrole nitrogens is 1. The number of guanidine groups is 1. The van der Waals surface area contributed by atoms with Crippen LogP contribution in [-0.4, -0.2) is 51.2 Å². The van der Waals surface area contributed by atoms with Gasteiger partial charge in [-0.05, 0) is 11.6 Å².